The third-order valence-electron chi connectivity index (χ3n) is 2.41. The number of fused-ring (bicyclic) bond motifs is 1. The number of aromatic nitrogens is 4. The molecule has 0 saturated carbocycles. The minimum absolute atomic E-state index is 0.589. The van der Waals surface area contributed by atoms with E-state index >= 15 is 0 Å². The van der Waals surface area contributed by atoms with E-state index in [-0.39, 0.29) is 0 Å². The van der Waals surface area contributed by atoms with Gasteiger partial charge in [-0.15, -0.1) is 0 Å². The molecule has 5 nitrogen and oxygen atoms in total. The Morgan fingerprint density at radius 1 is 1.29 bits per heavy atom. The lowest BCUT2D eigenvalue weighted by atomic mass is 10.2. The molecule has 0 aliphatic rings. The van der Waals surface area contributed by atoms with Crippen LogP contribution >= 0.6 is 11.6 Å². The van der Waals surface area contributed by atoms with Crippen LogP contribution in [0.25, 0.3) is 22.6 Å². The van der Waals surface area contributed by atoms with Crippen molar-refractivity contribution in [2.75, 3.05) is 5.73 Å². The Bertz CT molecular complexity index is 658. The van der Waals surface area contributed by atoms with Crippen molar-refractivity contribution in [1.29, 1.82) is 0 Å². The Morgan fingerprint density at radius 3 is 3.00 bits per heavy atom. The number of hydrogen-bond acceptors (Lipinski definition) is 4. The van der Waals surface area contributed by atoms with Crippen LogP contribution in [-0.4, -0.2) is 19.9 Å². The highest BCUT2D eigenvalue weighted by atomic mass is 35.5. The highest BCUT2D eigenvalue weighted by molar-refractivity contribution is 6.33. The molecule has 0 atom stereocenters. The first-order valence-electron chi connectivity index (χ1n) is 4.95. The first-order chi connectivity index (χ1) is 8.24. The van der Waals surface area contributed by atoms with Crippen molar-refractivity contribution >= 4 is 28.5 Å². The Balaban J connectivity index is 2.23. The van der Waals surface area contributed by atoms with E-state index in [1.165, 1.54) is 6.33 Å². The molecule has 17 heavy (non-hydrogen) atoms. The molecule has 3 N–H and O–H groups in total. The predicted molar refractivity (Wildman–Crippen MR) is 66.5 cm³/mol. The molecule has 84 valence electrons. The Morgan fingerprint density at radius 2 is 2.18 bits per heavy atom. The van der Waals surface area contributed by atoms with Crippen molar-refractivity contribution in [3.05, 3.63) is 35.7 Å². The van der Waals surface area contributed by atoms with E-state index in [2.05, 4.69) is 19.9 Å². The van der Waals surface area contributed by atoms with Crippen molar-refractivity contribution in [1.82, 2.24) is 19.9 Å². The normalized spacial score (nSPS) is 10.9. The second-order valence-electron chi connectivity index (χ2n) is 3.58. The average Bonchev–Trinajstić information content (AvgIpc) is 2.75. The van der Waals surface area contributed by atoms with Crippen molar-refractivity contribution in [2.24, 2.45) is 0 Å². The number of aromatic amines is 1. The zero-order valence-electron chi connectivity index (χ0n) is 8.68. The van der Waals surface area contributed by atoms with E-state index < -0.39 is 0 Å². The summed E-state index contributed by atoms with van der Waals surface area (Å²) in [6.45, 7) is 0. The fourth-order valence-electron chi connectivity index (χ4n) is 1.61. The van der Waals surface area contributed by atoms with Crippen LogP contribution in [0, 0.1) is 0 Å². The molecular formula is C11H8ClN5. The lowest BCUT2D eigenvalue weighted by Gasteiger charge is -2.01. The lowest BCUT2D eigenvalue weighted by Crippen LogP contribution is -1.87. The smallest absolute Gasteiger partial charge is 0.181 e. The molecule has 0 aliphatic heterocycles. The molecule has 3 rings (SSSR count). The van der Waals surface area contributed by atoms with Crippen LogP contribution in [0.1, 0.15) is 0 Å². The summed E-state index contributed by atoms with van der Waals surface area (Å²) in [5.74, 6) is 0.637. The van der Waals surface area contributed by atoms with Gasteiger partial charge in [0.05, 0.1) is 11.2 Å². The molecule has 0 aliphatic carbocycles. The number of rotatable bonds is 1. The second-order valence-corrected chi connectivity index (χ2v) is 3.99. The summed E-state index contributed by atoms with van der Waals surface area (Å²) in [5, 5.41) is 0.589. The van der Waals surface area contributed by atoms with E-state index in [9.17, 15) is 0 Å². The molecule has 0 bridgehead atoms. The van der Waals surface area contributed by atoms with Gasteiger partial charge in [-0.05, 0) is 18.2 Å². The monoisotopic (exact) mass is 245 g/mol. The van der Waals surface area contributed by atoms with Crippen LogP contribution in [0.2, 0.25) is 5.02 Å². The number of halogens is 1. The third-order valence-corrected chi connectivity index (χ3v) is 2.74. The number of nitrogens with one attached hydrogen (secondary N) is 1. The van der Waals surface area contributed by atoms with Gasteiger partial charge in [-0.25, -0.2) is 15.0 Å². The minimum Gasteiger partial charge on any atom is -0.399 e. The summed E-state index contributed by atoms with van der Waals surface area (Å²) in [7, 11) is 0. The molecule has 0 unspecified atom stereocenters. The lowest BCUT2D eigenvalue weighted by molar-refractivity contribution is 1.20. The van der Waals surface area contributed by atoms with Crippen LogP contribution in [0.4, 0.5) is 5.69 Å². The van der Waals surface area contributed by atoms with E-state index in [1.807, 2.05) is 0 Å². The van der Waals surface area contributed by atoms with Gasteiger partial charge in [-0.2, -0.15) is 0 Å². The number of hydrogen-bond donors (Lipinski definition) is 2. The SMILES string of the molecule is Nc1ccc(Cl)c(-c2nc3ncncc3[nH]2)c1. The van der Waals surface area contributed by atoms with Crippen molar-refractivity contribution in [3.8, 4) is 11.4 Å². The van der Waals surface area contributed by atoms with Crippen molar-refractivity contribution in [3.63, 3.8) is 0 Å². The number of nitrogen functional groups attached to an aromatic ring is 1. The third kappa shape index (κ3) is 1.70. The van der Waals surface area contributed by atoms with Crippen LogP contribution in [0.3, 0.4) is 0 Å². The van der Waals surface area contributed by atoms with Crippen molar-refractivity contribution < 1.29 is 0 Å². The van der Waals surface area contributed by atoms with E-state index in [0.717, 1.165) is 11.1 Å². The van der Waals surface area contributed by atoms with Gasteiger partial charge in [0.15, 0.2) is 5.65 Å². The molecule has 0 saturated heterocycles. The van der Waals surface area contributed by atoms with Gasteiger partial charge >= 0.3 is 0 Å². The second kappa shape index (κ2) is 3.71. The number of imidazole rings is 1. The summed E-state index contributed by atoms with van der Waals surface area (Å²) in [6.07, 6.45) is 3.12. The fraction of sp³-hybridized carbons (Fsp3) is 0. The maximum Gasteiger partial charge on any atom is 0.181 e. The average molecular weight is 246 g/mol. The minimum atomic E-state index is 0.589. The summed E-state index contributed by atoms with van der Waals surface area (Å²) >= 11 is 6.11. The van der Waals surface area contributed by atoms with E-state index in [0.29, 0.717) is 22.2 Å². The van der Waals surface area contributed by atoms with Gasteiger partial charge in [-0.3, -0.25) is 0 Å². The first kappa shape index (κ1) is 10.0. The Labute approximate surface area is 102 Å². The molecule has 0 amide bonds. The zero-order chi connectivity index (χ0) is 11.8. The van der Waals surface area contributed by atoms with Crippen LogP contribution in [0.15, 0.2) is 30.7 Å². The Hall–Kier alpha value is -2.14. The van der Waals surface area contributed by atoms with Crippen LogP contribution in [-0.2, 0) is 0 Å². The molecule has 0 radical (unpaired) electrons. The summed E-state index contributed by atoms with van der Waals surface area (Å²) < 4.78 is 0. The number of H-pyrrole nitrogens is 1. The number of nitrogens with zero attached hydrogens (tertiary/aromatic N) is 3. The number of anilines is 1. The molecule has 3 aromatic rings. The first-order valence-corrected chi connectivity index (χ1v) is 5.33. The van der Waals surface area contributed by atoms with Crippen LogP contribution in [0.5, 0.6) is 0 Å². The van der Waals surface area contributed by atoms with Gasteiger partial charge in [0.2, 0.25) is 0 Å². The van der Waals surface area contributed by atoms with Crippen LogP contribution < -0.4 is 5.73 Å². The molecule has 2 heterocycles. The number of benzene rings is 1. The molecular weight excluding hydrogens is 238 g/mol. The van der Waals surface area contributed by atoms with Gasteiger partial charge in [0.1, 0.15) is 17.7 Å². The zero-order valence-corrected chi connectivity index (χ0v) is 9.44. The molecule has 1 aromatic carbocycles. The largest absolute Gasteiger partial charge is 0.399 e. The number of nitrogens with two attached hydrogens (primary N) is 1. The molecule has 0 fully saturated rings. The predicted octanol–water partition coefficient (Wildman–Crippen LogP) is 2.26. The maximum atomic E-state index is 6.11. The summed E-state index contributed by atoms with van der Waals surface area (Å²) in [4.78, 5) is 15.4. The topological polar surface area (TPSA) is 80.5 Å². The summed E-state index contributed by atoms with van der Waals surface area (Å²) in [5.41, 5.74) is 8.49. The highest BCUT2D eigenvalue weighted by Crippen LogP contribution is 2.28. The molecule has 6 heteroatoms. The highest BCUT2D eigenvalue weighted by Gasteiger charge is 2.09. The standard InChI is InChI=1S/C11H8ClN5/c12-8-2-1-6(13)3-7(8)10-16-9-4-14-5-15-11(9)17-10/h1-5H,13H2,(H,14,15,16,17). The fourth-order valence-corrected chi connectivity index (χ4v) is 1.82. The molecule has 0 spiro atoms. The van der Waals surface area contributed by atoms with Gasteiger partial charge in [0.25, 0.3) is 0 Å². The van der Waals surface area contributed by atoms with Crippen molar-refractivity contribution in [2.45, 2.75) is 0 Å². The quantitative estimate of drug-likeness (QED) is 0.645. The van der Waals surface area contributed by atoms with Gasteiger partial charge < -0.3 is 10.7 Å². The van der Waals surface area contributed by atoms with E-state index in [1.54, 1.807) is 24.4 Å². The molecule has 2 aromatic heterocycles. The van der Waals surface area contributed by atoms with Gasteiger partial charge in [0, 0.05) is 11.3 Å². The Kier molecular flexibility index (Phi) is 2.19. The maximum absolute atomic E-state index is 6.11. The van der Waals surface area contributed by atoms with Gasteiger partial charge in [-0.1, -0.05) is 11.6 Å². The summed E-state index contributed by atoms with van der Waals surface area (Å²) in [6, 6.07) is 5.26. The van der Waals surface area contributed by atoms with E-state index in [4.69, 9.17) is 17.3 Å².